The van der Waals surface area contributed by atoms with Crippen LogP contribution in [0.1, 0.15) is 34.5 Å². The molecule has 0 radical (unpaired) electrons. The fourth-order valence-electron chi connectivity index (χ4n) is 1.98. The van der Waals surface area contributed by atoms with Gasteiger partial charge in [-0.15, -0.1) is 0 Å². The fourth-order valence-corrected chi connectivity index (χ4v) is 2.11. The van der Waals surface area contributed by atoms with Gasteiger partial charge in [-0.25, -0.2) is 9.18 Å². The van der Waals surface area contributed by atoms with Gasteiger partial charge in [0, 0.05) is 17.6 Å². The van der Waals surface area contributed by atoms with Gasteiger partial charge in [0.1, 0.15) is 5.82 Å². The highest BCUT2D eigenvalue weighted by Gasteiger charge is 2.11. The lowest BCUT2D eigenvalue weighted by Crippen LogP contribution is -2.18. The van der Waals surface area contributed by atoms with Crippen molar-refractivity contribution in [2.45, 2.75) is 19.5 Å². The van der Waals surface area contributed by atoms with Gasteiger partial charge in [-0.1, -0.05) is 29.8 Å². The molecule has 2 N–H and O–H groups in total. The zero-order valence-corrected chi connectivity index (χ0v) is 12.2. The number of aromatic carboxylic acids is 1. The maximum atomic E-state index is 13.6. The monoisotopic (exact) mass is 307 g/mol. The predicted octanol–water partition coefficient (Wildman–Crippen LogP) is 4.03. The van der Waals surface area contributed by atoms with Gasteiger partial charge in [0.25, 0.3) is 0 Å². The summed E-state index contributed by atoms with van der Waals surface area (Å²) in [6.45, 7) is 2.44. The Kier molecular flexibility index (Phi) is 4.94. The van der Waals surface area contributed by atoms with Gasteiger partial charge in [0.15, 0.2) is 0 Å². The molecule has 0 aliphatic carbocycles. The van der Waals surface area contributed by atoms with Gasteiger partial charge in [0.05, 0.1) is 5.56 Å². The number of benzene rings is 2. The molecule has 110 valence electrons. The van der Waals surface area contributed by atoms with E-state index < -0.39 is 11.8 Å². The number of nitrogens with one attached hydrogen (secondary N) is 1. The van der Waals surface area contributed by atoms with Crippen molar-refractivity contribution in [3.63, 3.8) is 0 Å². The second-order valence-electron chi connectivity index (χ2n) is 4.77. The number of rotatable bonds is 5. The van der Waals surface area contributed by atoms with E-state index in [4.69, 9.17) is 16.7 Å². The highest BCUT2D eigenvalue weighted by molar-refractivity contribution is 6.30. The van der Waals surface area contributed by atoms with Crippen molar-refractivity contribution in [2.75, 3.05) is 0 Å². The van der Waals surface area contributed by atoms with E-state index >= 15 is 0 Å². The van der Waals surface area contributed by atoms with Gasteiger partial charge in [-0.2, -0.15) is 0 Å². The maximum absolute atomic E-state index is 13.6. The van der Waals surface area contributed by atoms with Crippen molar-refractivity contribution in [1.29, 1.82) is 0 Å². The Hall–Kier alpha value is -1.91. The first-order chi connectivity index (χ1) is 9.97. The van der Waals surface area contributed by atoms with Crippen molar-refractivity contribution in [2.24, 2.45) is 0 Å². The summed E-state index contributed by atoms with van der Waals surface area (Å²) in [5.41, 5.74) is 1.45. The van der Waals surface area contributed by atoms with Crippen LogP contribution in [-0.4, -0.2) is 11.1 Å². The fraction of sp³-hybridized carbons (Fsp3) is 0.188. The molecule has 0 aliphatic rings. The number of carbonyl (C=O) groups is 1. The smallest absolute Gasteiger partial charge is 0.338 e. The topological polar surface area (TPSA) is 49.3 Å². The van der Waals surface area contributed by atoms with Crippen molar-refractivity contribution in [3.05, 3.63) is 70.0 Å². The highest BCUT2D eigenvalue weighted by atomic mass is 35.5. The average molecular weight is 308 g/mol. The second-order valence-corrected chi connectivity index (χ2v) is 5.21. The largest absolute Gasteiger partial charge is 0.478 e. The van der Waals surface area contributed by atoms with Crippen molar-refractivity contribution in [1.82, 2.24) is 5.32 Å². The summed E-state index contributed by atoms with van der Waals surface area (Å²) in [6, 6.07) is 11.7. The standard InChI is InChI=1S/C16H15ClFNO2/c1-10(12-3-5-13(17)6-4-12)19-9-11-2-7-14(16(20)21)15(18)8-11/h2-8,10,19H,9H2,1H3,(H,20,21)/t10-/m0/s1. The molecule has 2 aromatic rings. The molecule has 0 amide bonds. The van der Waals surface area contributed by atoms with E-state index in [0.717, 1.165) is 5.56 Å². The quantitative estimate of drug-likeness (QED) is 0.877. The van der Waals surface area contributed by atoms with Crippen LogP contribution in [0.25, 0.3) is 0 Å². The lowest BCUT2D eigenvalue weighted by Gasteiger charge is -2.14. The van der Waals surface area contributed by atoms with E-state index in [2.05, 4.69) is 5.32 Å². The molecular weight excluding hydrogens is 293 g/mol. The van der Waals surface area contributed by atoms with Crippen LogP contribution in [0.2, 0.25) is 5.02 Å². The summed E-state index contributed by atoms with van der Waals surface area (Å²) in [5, 5.41) is 12.7. The molecule has 0 unspecified atom stereocenters. The van der Waals surface area contributed by atoms with E-state index in [0.29, 0.717) is 17.1 Å². The Morgan fingerprint density at radius 2 is 1.95 bits per heavy atom. The van der Waals surface area contributed by atoms with Crippen LogP contribution < -0.4 is 5.32 Å². The van der Waals surface area contributed by atoms with E-state index in [1.165, 1.54) is 12.1 Å². The third kappa shape index (κ3) is 4.03. The van der Waals surface area contributed by atoms with Gasteiger partial charge < -0.3 is 10.4 Å². The molecule has 2 aromatic carbocycles. The first-order valence-corrected chi connectivity index (χ1v) is 6.85. The summed E-state index contributed by atoms with van der Waals surface area (Å²) < 4.78 is 13.6. The summed E-state index contributed by atoms with van der Waals surface area (Å²) in [7, 11) is 0. The molecule has 21 heavy (non-hydrogen) atoms. The minimum atomic E-state index is -1.26. The van der Waals surface area contributed by atoms with E-state index in [9.17, 15) is 9.18 Å². The Morgan fingerprint density at radius 3 is 2.52 bits per heavy atom. The summed E-state index contributed by atoms with van der Waals surface area (Å²) in [5.74, 6) is -1.98. The zero-order valence-electron chi connectivity index (χ0n) is 11.4. The van der Waals surface area contributed by atoms with Crippen molar-refractivity contribution in [3.8, 4) is 0 Å². The molecule has 0 heterocycles. The van der Waals surface area contributed by atoms with Crippen LogP contribution in [0.5, 0.6) is 0 Å². The number of hydrogen-bond acceptors (Lipinski definition) is 2. The predicted molar refractivity (Wildman–Crippen MR) is 80.1 cm³/mol. The number of halogens is 2. The Labute approximate surface area is 127 Å². The van der Waals surface area contributed by atoms with Crippen LogP contribution in [0.4, 0.5) is 4.39 Å². The van der Waals surface area contributed by atoms with Crippen molar-refractivity contribution < 1.29 is 14.3 Å². The summed E-state index contributed by atoms with van der Waals surface area (Å²) >= 11 is 5.84. The van der Waals surface area contributed by atoms with E-state index in [1.54, 1.807) is 6.07 Å². The normalized spacial score (nSPS) is 12.1. The molecule has 0 aliphatic heterocycles. The van der Waals surface area contributed by atoms with Gasteiger partial charge in [0.2, 0.25) is 0 Å². The Balaban J connectivity index is 2.01. The van der Waals surface area contributed by atoms with Crippen LogP contribution >= 0.6 is 11.6 Å². The summed E-state index contributed by atoms with van der Waals surface area (Å²) in [4.78, 5) is 10.7. The molecule has 5 heteroatoms. The van der Waals surface area contributed by atoms with Crippen molar-refractivity contribution >= 4 is 17.6 Å². The zero-order chi connectivity index (χ0) is 15.4. The SMILES string of the molecule is C[C@H](NCc1ccc(C(=O)O)c(F)c1)c1ccc(Cl)cc1. The summed E-state index contributed by atoms with van der Waals surface area (Å²) in [6.07, 6.45) is 0. The molecule has 0 aromatic heterocycles. The molecular formula is C16H15ClFNO2. The van der Waals surface area contributed by atoms with Crippen LogP contribution in [0.15, 0.2) is 42.5 Å². The minimum absolute atomic E-state index is 0.0736. The number of carboxylic acids is 1. The second kappa shape index (κ2) is 6.70. The lowest BCUT2D eigenvalue weighted by atomic mass is 10.1. The van der Waals surface area contributed by atoms with Gasteiger partial charge in [-0.3, -0.25) is 0 Å². The molecule has 0 saturated heterocycles. The van der Waals surface area contributed by atoms with Crippen LogP contribution in [0.3, 0.4) is 0 Å². The molecule has 1 atom stereocenters. The Bertz CT molecular complexity index is 643. The Morgan fingerprint density at radius 1 is 1.29 bits per heavy atom. The lowest BCUT2D eigenvalue weighted by molar-refractivity contribution is 0.0692. The first kappa shape index (κ1) is 15.5. The first-order valence-electron chi connectivity index (χ1n) is 6.48. The number of carboxylic acid groups (broad SMARTS) is 1. The molecule has 2 rings (SSSR count). The molecule has 0 spiro atoms. The van der Waals surface area contributed by atoms with E-state index in [1.807, 2.05) is 31.2 Å². The maximum Gasteiger partial charge on any atom is 0.338 e. The third-order valence-corrected chi connectivity index (χ3v) is 3.50. The highest BCUT2D eigenvalue weighted by Crippen LogP contribution is 2.17. The average Bonchev–Trinajstić information content (AvgIpc) is 2.45. The molecule has 0 fully saturated rings. The van der Waals surface area contributed by atoms with E-state index in [-0.39, 0.29) is 11.6 Å². The number of hydrogen-bond donors (Lipinski definition) is 2. The van der Waals surface area contributed by atoms with Gasteiger partial charge in [-0.05, 0) is 42.3 Å². The minimum Gasteiger partial charge on any atom is -0.478 e. The van der Waals surface area contributed by atoms with Gasteiger partial charge >= 0.3 is 5.97 Å². The third-order valence-electron chi connectivity index (χ3n) is 3.25. The molecule has 0 bridgehead atoms. The molecule has 3 nitrogen and oxygen atoms in total. The van der Waals surface area contributed by atoms with Crippen LogP contribution in [-0.2, 0) is 6.54 Å². The molecule has 0 saturated carbocycles. The van der Waals surface area contributed by atoms with Crippen LogP contribution in [0, 0.1) is 5.82 Å².